The molecule has 0 spiro atoms. The van der Waals surface area contributed by atoms with Gasteiger partial charge in [0.25, 0.3) is 0 Å². The van der Waals surface area contributed by atoms with E-state index in [-0.39, 0.29) is 11.8 Å². The molecule has 2 aliphatic rings. The van der Waals surface area contributed by atoms with E-state index >= 15 is 0 Å². The normalized spacial score (nSPS) is 25.9. The largest absolute Gasteiger partial charge is 0.369 e. The molecule has 2 unspecified atom stereocenters. The number of nitrogens with two attached hydrogens (primary N) is 1. The fourth-order valence-electron chi connectivity index (χ4n) is 3.78. The van der Waals surface area contributed by atoms with Crippen molar-refractivity contribution in [3.8, 4) is 0 Å². The number of amides is 1. The van der Waals surface area contributed by atoms with Gasteiger partial charge in [-0.15, -0.1) is 0 Å². The Morgan fingerprint density at radius 1 is 1.24 bits per heavy atom. The van der Waals surface area contributed by atoms with Crippen molar-refractivity contribution in [2.75, 3.05) is 39.5 Å². The molecule has 1 saturated carbocycles. The van der Waals surface area contributed by atoms with Crippen LogP contribution in [0.15, 0.2) is 4.99 Å². The van der Waals surface area contributed by atoms with Crippen LogP contribution in [0, 0.1) is 5.92 Å². The summed E-state index contributed by atoms with van der Waals surface area (Å²) in [5, 5.41) is 7.80. The third-order valence-electron chi connectivity index (χ3n) is 5.47. The van der Waals surface area contributed by atoms with Crippen molar-refractivity contribution < 1.29 is 4.79 Å². The van der Waals surface area contributed by atoms with Crippen molar-refractivity contribution in [1.82, 2.24) is 15.5 Å². The minimum Gasteiger partial charge on any atom is -0.369 e. The molecule has 0 aromatic rings. The number of hydrogen-bond acceptors (Lipinski definition) is 4. The van der Waals surface area contributed by atoms with E-state index in [1.54, 1.807) is 0 Å². The maximum Gasteiger partial charge on any atom is 0.220 e. The van der Waals surface area contributed by atoms with Gasteiger partial charge in [-0.1, -0.05) is 0 Å². The standard InChI is InChI=1S/C18H35N5OS/c1-20-18(22-15-5-6-16(13-15)25-2)21-9-3-4-10-23-11-7-14(8-12-23)17(19)24/h14-16H,3-13H2,1-2H3,(H2,19,24)(H2,20,21,22). The Bertz CT molecular complexity index is 437. The first-order valence-electron chi connectivity index (χ1n) is 9.64. The van der Waals surface area contributed by atoms with Gasteiger partial charge in [0.1, 0.15) is 0 Å². The predicted molar refractivity (Wildman–Crippen MR) is 107 cm³/mol. The minimum absolute atomic E-state index is 0.0913. The molecule has 0 aromatic heterocycles. The predicted octanol–water partition coefficient (Wildman–Crippen LogP) is 1.41. The number of carbonyl (C=O) groups is 1. The van der Waals surface area contributed by atoms with Gasteiger partial charge in [0.05, 0.1) is 0 Å². The van der Waals surface area contributed by atoms with Crippen LogP contribution in [-0.2, 0) is 4.79 Å². The number of carbonyl (C=O) groups excluding carboxylic acids is 1. The Hall–Kier alpha value is -0.950. The van der Waals surface area contributed by atoms with Crippen molar-refractivity contribution in [3.63, 3.8) is 0 Å². The Kier molecular flexibility index (Phi) is 8.89. The van der Waals surface area contributed by atoms with Gasteiger partial charge in [-0.3, -0.25) is 9.79 Å². The van der Waals surface area contributed by atoms with Crippen LogP contribution in [-0.4, -0.2) is 67.5 Å². The van der Waals surface area contributed by atoms with E-state index in [0.29, 0.717) is 6.04 Å². The summed E-state index contributed by atoms with van der Waals surface area (Å²) in [7, 11) is 1.85. The molecule has 2 fully saturated rings. The molecule has 0 aromatic carbocycles. The van der Waals surface area contributed by atoms with Gasteiger partial charge in [0.2, 0.25) is 5.91 Å². The van der Waals surface area contributed by atoms with Gasteiger partial charge >= 0.3 is 0 Å². The number of hydrogen-bond donors (Lipinski definition) is 3. The van der Waals surface area contributed by atoms with E-state index in [0.717, 1.165) is 56.7 Å². The molecule has 7 heteroatoms. The maximum absolute atomic E-state index is 11.2. The van der Waals surface area contributed by atoms with Crippen LogP contribution in [0.3, 0.4) is 0 Å². The second kappa shape index (κ2) is 10.9. The first-order chi connectivity index (χ1) is 12.1. The molecule has 25 heavy (non-hydrogen) atoms. The lowest BCUT2D eigenvalue weighted by Crippen LogP contribution is -2.43. The average Bonchev–Trinajstić information content (AvgIpc) is 3.08. The number of primary amides is 1. The fraction of sp³-hybridized carbons (Fsp3) is 0.889. The number of likely N-dealkylation sites (tertiary alicyclic amines) is 1. The number of piperidine rings is 1. The summed E-state index contributed by atoms with van der Waals surface area (Å²) in [6.45, 7) is 4.07. The van der Waals surface area contributed by atoms with Crippen molar-refractivity contribution in [3.05, 3.63) is 0 Å². The minimum atomic E-state index is -0.131. The number of nitrogens with one attached hydrogen (secondary N) is 2. The van der Waals surface area contributed by atoms with E-state index in [1.165, 1.54) is 25.7 Å². The number of nitrogens with zero attached hydrogens (tertiary/aromatic N) is 2. The zero-order valence-electron chi connectivity index (χ0n) is 15.8. The number of aliphatic imine (C=N–C) groups is 1. The van der Waals surface area contributed by atoms with Crippen molar-refractivity contribution in [1.29, 1.82) is 0 Å². The topological polar surface area (TPSA) is 82.8 Å². The van der Waals surface area contributed by atoms with Crippen LogP contribution in [0.25, 0.3) is 0 Å². The zero-order chi connectivity index (χ0) is 18.1. The zero-order valence-corrected chi connectivity index (χ0v) is 16.6. The smallest absolute Gasteiger partial charge is 0.220 e. The summed E-state index contributed by atoms with van der Waals surface area (Å²) < 4.78 is 0. The molecule has 0 bridgehead atoms. The maximum atomic E-state index is 11.2. The second-order valence-electron chi connectivity index (χ2n) is 7.24. The molecule has 144 valence electrons. The average molecular weight is 370 g/mol. The molecule has 1 aliphatic carbocycles. The highest BCUT2D eigenvalue weighted by molar-refractivity contribution is 7.99. The molecule has 0 radical (unpaired) electrons. The van der Waals surface area contributed by atoms with Gasteiger partial charge in [-0.25, -0.2) is 0 Å². The quantitative estimate of drug-likeness (QED) is 0.342. The Morgan fingerprint density at radius 2 is 2.00 bits per heavy atom. The van der Waals surface area contributed by atoms with Gasteiger partial charge in [0, 0.05) is 30.8 Å². The molecular formula is C18H35N5OS. The van der Waals surface area contributed by atoms with E-state index in [9.17, 15) is 4.79 Å². The van der Waals surface area contributed by atoms with E-state index in [2.05, 4.69) is 26.8 Å². The monoisotopic (exact) mass is 369 g/mol. The van der Waals surface area contributed by atoms with Gasteiger partial charge in [-0.05, 0) is 70.8 Å². The lowest BCUT2D eigenvalue weighted by atomic mass is 9.96. The molecule has 4 N–H and O–H groups in total. The first kappa shape index (κ1) is 20.4. The van der Waals surface area contributed by atoms with E-state index < -0.39 is 0 Å². The summed E-state index contributed by atoms with van der Waals surface area (Å²) in [5.74, 6) is 0.900. The van der Waals surface area contributed by atoms with Crippen LogP contribution in [0.4, 0.5) is 0 Å². The molecule has 2 rings (SSSR count). The summed E-state index contributed by atoms with van der Waals surface area (Å²) >= 11 is 1.98. The lowest BCUT2D eigenvalue weighted by Gasteiger charge is -2.30. The second-order valence-corrected chi connectivity index (χ2v) is 8.37. The van der Waals surface area contributed by atoms with Gasteiger partial charge in [-0.2, -0.15) is 11.8 Å². The van der Waals surface area contributed by atoms with Crippen molar-refractivity contribution in [2.24, 2.45) is 16.6 Å². The Labute approximate surface area is 156 Å². The van der Waals surface area contributed by atoms with Gasteiger partial charge < -0.3 is 21.3 Å². The number of rotatable bonds is 8. The van der Waals surface area contributed by atoms with Crippen LogP contribution in [0.5, 0.6) is 0 Å². The Balaban J connectivity index is 1.52. The molecule has 2 atom stereocenters. The SMILES string of the molecule is CN=C(NCCCCN1CCC(C(N)=O)CC1)NC1CCC(SC)C1. The molecule has 1 heterocycles. The highest BCUT2D eigenvalue weighted by Crippen LogP contribution is 2.28. The fourth-order valence-corrected chi connectivity index (χ4v) is 4.58. The number of thioether (sulfide) groups is 1. The molecular weight excluding hydrogens is 334 g/mol. The summed E-state index contributed by atoms with van der Waals surface area (Å²) in [5.41, 5.74) is 5.38. The molecule has 1 saturated heterocycles. The van der Waals surface area contributed by atoms with Gasteiger partial charge in [0.15, 0.2) is 5.96 Å². The highest BCUT2D eigenvalue weighted by Gasteiger charge is 2.24. The van der Waals surface area contributed by atoms with Crippen LogP contribution < -0.4 is 16.4 Å². The third-order valence-corrected chi connectivity index (χ3v) is 6.56. The molecule has 6 nitrogen and oxygen atoms in total. The van der Waals surface area contributed by atoms with E-state index in [1.807, 2.05) is 18.8 Å². The van der Waals surface area contributed by atoms with Crippen LogP contribution in [0.2, 0.25) is 0 Å². The van der Waals surface area contributed by atoms with Crippen molar-refractivity contribution >= 4 is 23.6 Å². The number of unbranched alkanes of at least 4 members (excludes halogenated alkanes) is 1. The van der Waals surface area contributed by atoms with E-state index in [4.69, 9.17) is 5.73 Å². The highest BCUT2D eigenvalue weighted by atomic mass is 32.2. The number of guanidine groups is 1. The summed E-state index contributed by atoms with van der Waals surface area (Å²) in [4.78, 5) is 18.0. The first-order valence-corrected chi connectivity index (χ1v) is 10.9. The lowest BCUT2D eigenvalue weighted by molar-refractivity contribution is -0.123. The third kappa shape index (κ3) is 7.05. The van der Waals surface area contributed by atoms with Crippen molar-refractivity contribution in [2.45, 2.75) is 56.2 Å². The Morgan fingerprint density at radius 3 is 2.60 bits per heavy atom. The molecule has 1 amide bonds. The molecule has 1 aliphatic heterocycles. The summed E-state index contributed by atoms with van der Waals surface area (Å²) in [6, 6.07) is 0.565. The van der Waals surface area contributed by atoms with Crippen LogP contribution >= 0.6 is 11.8 Å². The summed E-state index contributed by atoms with van der Waals surface area (Å²) in [6.07, 6.45) is 10.1. The van der Waals surface area contributed by atoms with Crippen LogP contribution in [0.1, 0.15) is 44.9 Å².